The lowest BCUT2D eigenvalue weighted by molar-refractivity contribution is -0.121. The standard InChI is InChI=1S/C16H18ClN7O/c1-10-15(17)11(2)24(23-10)9-14(25)19-7-5-13-20-16(22-21-13)12-4-3-6-18-8-12/h3-4,6,8H,5,7,9H2,1-2H3,(H,19,25)(H,20,21,22). The molecule has 3 heterocycles. The first-order valence-corrected chi connectivity index (χ1v) is 8.20. The van der Waals surface area contributed by atoms with Crippen LogP contribution in [0.1, 0.15) is 17.2 Å². The summed E-state index contributed by atoms with van der Waals surface area (Å²) in [6.07, 6.45) is 3.95. The van der Waals surface area contributed by atoms with Crippen LogP contribution in [-0.4, -0.2) is 42.4 Å². The van der Waals surface area contributed by atoms with Gasteiger partial charge in [-0.05, 0) is 26.0 Å². The second-order valence-electron chi connectivity index (χ2n) is 5.59. The van der Waals surface area contributed by atoms with E-state index in [0.717, 1.165) is 17.0 Å². The first kappa shape index (κ1) is 17.1. The topological polar surface area (TPSA) is 101 Å². The Morgan fingerprint density at radius 1 is 1.40 bits per heavy atom. The van der Waals surface area contributed by atoms with Gasteiger partial charge in [-0.25, -0.2) is 4.98 Å². The van der Waals surface area contributed by atoms with Gasteiger partial charge in [-0.3, -0.25) is 19.6 Å². The summed E-state index contributed by atoms with van der Waals surface area (Å²) in [5.41, 5.74) is 2.35. The Labute approximate surface area is 149 Å². The zero-order valence-electron chi connectivity index (χ0n) is 14.0. The largest absolute Gasteiger partial charge is 0.354 e. The molecule has 9 heteroatoms. The van der Waals surface area contributed by atoms with Gasteiger partial charge >= 0.3 is 0 Å². The lowest BCUT2D eigenvalue weighted by Gasteiger charge is -2.05. The maximum atomic E-state index is 12.0. The average molecular weight is 360 g/mol. The van der Waals surface area contributed by atoms with E-state index < -0.39 is 0 Å². The minimum Gasteiger partial charge on any atom is -0.354 e. The Morgan fingerprint density at radius 2 is 2.24 bits per heavy atom. The van der Waals surface area contributed by atoms with Crippen LogP contribution in [0.25, 0.3) is 11.4 Å². The molecule has 0 unspecified atom stereocenters. The Hall–Kier alpha value is -2.74. The molecule has 2 N–H and O–H groups in total. The van der Waals surface area contributed by atoms with Crippen LogP contribution < -0.4 is 5.32 Å². The number of carbonyl (C=O) groups excluding carboxylic acids is 1. The van der Waals surface area contributed by atoms with E-state index in [1.165, 1.54) is 0 Å². The Bertz CT molecular complexity index is 872. The minimum atomic E-state index is -0.130. The minimum absolute atomic E-state index is 0.130. The lowest BCUT2D eigenvalue weighted by atomic mass is 10.3. The fourth-order valence-electron chi connectivity index (χ4n) is 2.37. The number of hydrogen-bond acceptors (Lipinski definition) is 5. The monoisotopic (exact) mass is 359 g/mol. The molecule has 3 aromatic rings. The number of halogens is 1. The highest BCUT2D eigenvalue weighted by molar-refractivity contribution is 6.31. The number of H-pyrrole nitrogens is 1. The number of pyridine rings is 1. The predicted molar refractivity (Wildman–Crippen MR) is 93.0 cm³/mol. The van der Waals surface area contributed by atoms with E-state index in [-0.39, 0.29) is 12.5 Å². The van der Waals surface area contributed by atoms with Gasteiger partial charge in [-0.2, -0.15) is 10.2 Å². The summed E-state index contributed by atoms with van der Waals surface area (Å²) in [4.78, 5) is 20.5. The highest BCUT2D eigenvalue weighted by Crippen LogP contribution is 2.18. The number of hydrogen-bond donors (Lipinski definition) is 2. The summed E-state index contributed by atoms with van der Waals surface area (Å²) in [5, 5.41) is 14.7. The van der Waals surface area contributed by atoms with Gasteiger partial charge in [0.25, 0.3) is 0 Å². The van der Waals surface area contributed by atoms with E-state index in [9.17, 15) is 4.79 Å². The van der Waals surface area contributed by atoms with Crippen LogP contribution >= 0.6 is 11.6 Å². The van der Waals surface area contributed by atoms with Crippen molar-refractivity contribution in [3.63, 3.8) is 0 Å². The SMILES string of the molecule is Cc1nn(CC(=O)NCCc2nc(-c3cccnc3)n[nH]2)c(C)c1Cl. The van der Waals surface area contributed by atoms with E-state index in [2.05, 4.69) is 30.6 Å². The fraction of sp³-hybridized carbons (Fsp3) is 0.312. The number of carbonyl (C=O) groups is 1. The normalized spacial score (nSPS) is 10.8. The molecule has 1 amide bonds. The van der Waals surface area contributed by atoms with E-state index in [1.54, 1.807) is 17.1 Å². The molecule has 3 aromatic heterocycles. The molecule has 0 atom stereocenters. The van der Waals surface area contributed by atoms with Crippen molar-refractivity contribution in [1.82, 2.24) is 35.3 Å². The first-order chi connectivity index (χ1) is 12.0. The Balaban J connectivity index is 1.50. The second-order valence-corrected chi connectivity index (χ2v) is 5.97. The van der Waals surface area contributed by atoms with E-state index >= 15 is 0 Å². The van der Waals surface area contributed by atoms with Gasteiger partial charge in [0, 0.05) is 30.9 Å². The molecule has 130 valence electrons. The summed E-state index contributed by atoms with van der Waals surface area (Å²) in [5.74, 6) is 1.16. The van der Waals surface area contributed by atoms with Gasteiger partial charge in [0.1, 0.15) is 12.4 Å². The maximum absolute atomic E-state index is 12.0. The fourth-order valence-corrected chi connectivity index (χ4v) is 2.51. The van der Waals surface area contributed by atoms with Crippen LogP contribution in [0.4, 0.5) is 0 Å². The average Bonchev–Trinajstić information content (AvgIpc) is 3.17. The van der Waals surface area contributed by atoms with Crippen LogP contribution in [0, 0.1) is 13.8 Å². The van der Waals surface area contributed by atoms with E-state index in [4.69, 9.17) is 11.6 Å². The van der Waals surface area contributed by atoms with Crippen molar-refractivity contribution in [2.75, 3.05) is 6.54 Å². The summed E-state index contributed by atoms with van der Waals surface area (Å²) < 4.78 is 1.60. The summed E-state index contributed by atoms with van der Waals surface area (Å²) in [6.45, 7) is 4.24. The van der Waals surface area contributed by atoms with Crippen LogP contribution in [0.2, 0.25) is 5.02 Å². The van der Waals surface area contributed by atoms with Gasteiger partial charge < -0.3 is 5.32 Å². The number of aryl methyl sites for hydroxylation is 1. The van der Waals surface area contributed by atoms with Gasteiger partial charge in [0.2, 0.25) is 5.91 Å². The Morgan fingerprint density at radius 3 is 2.92 bits per heavy atom. The zero-order valence-corrected chi connectivity index (χ0v) is 14.7. The first-order valence-electron chi connectivity index (χ1n) is 7.82. The van der Waals surface area contributed by atoms with Gasteiger partial charge in [-0.15, -0.1) is 0 Å². The molecule has 0 aliphatic rings. The van der Waals surface area contributed by atoms with Crippen molar-refractivity contribution in [3.05, 3.63) is 46.8 Å². The molecule has 0 spiro atoms. The maximum Gasteiger partial charge on any atom is 0.241 e. The van der Waals surface area contributed by atoms with Crippen LogP contribution in [0.3, 0.4) is 0 Å². The summed E-state index contributed by atoms with van der Waals surface area (Å²) in [7, 11) is 0. The van der Waals surface area contributed by atoms with Gasteiger partial charge in [-0.1, -0.05) is 11.6 Å². The second kappa shape index (κ2) is 7.43. The van der Waals surface area contributed by atoms with Crippen molar-refractivity contribution in [2.24, 2.45) is 0 Å². The number of nitrogens with one attached hydrogen (secondary N) is 2. The highest BCUT2D eigenvalue weighted by atomic mass is 35.5. The molecule has 8 nitrogen and oxygen atoms in total. The van der Waals surface area contributed by atoms with Crippen molar-refractivity contribution in [2.45, 2.75) is 26.8 Å². The quantitative estimate of drug-likeness (QED) is 0.697. The highest BCUT2D eigenvalue weighted by Gasteiger charge is 2.12. The molecule has 0 saturated heterocycles. The molecule has 0 aromatic carbocycles. The smallest absolute Gasteiger partial charge is 0.241 e. The molecule has 0 fully saturated rings. The third-order valence-electron chi connectivity index (χ3n) is 3.72. The number of rotatable bonds is 6. The van der Waals surface area contributed by atoms with Crippen molar-refractivity contribution in [1.29, 1.82) is 0 Å². The van der Waals surface area contributed by atoms with Crippen molar-refractivity contribution >= 4 is 17.5 Å². The third-order valence-corrected chi connectivity index (χ3v) is 4.27. The molecule has 0 bridgehead atoms. The lowest BCUT2D eigenvalue weighted by Crippen LogP contribution is -2.30. The van der Waals surface area contributed by atoms with Gasteiger partial charge in [0.05, 0.1) is 16.4 Å². The van der Waals surface area contributed by atoms with E-state index in [0.29, 0.717) is 29.6 Å². The third kappa shape index (κ3) is 4.03. The van der Waals surface area contributed by atoms with Crippen LogP contribution in [-0.2, 0) is 17.8 Å². The van der Waals surface area contributed by atoms with Crippen LogP contribution in [0.5, 0.6) is 0 Å². The van der Waals surface area contributed by atoms with Crippen molar-refractivity contribution < 1.29 is 4.79 Å². The number of aromatic nitrogens is 6. The summed E-state index contributed by atoms with van der Waals surface area (Å²) in [6, 6.07) is 3.72. The predicted octanol–water partition coefficient (Wildman–Crippen LogP) is 1.69. The summed E-state index contributed by atoms with van der Waals surface area (Å²) >= 11 is 6.08. The number of amides is 1. The number of nitrogens with zero attached hydrogens (tertiary/aromatic N) is 5. The molecular formula is C16H18ClN7O. The number of aromatic amines is 1. The van der Waals surface area contributed by atoms with Gasteiger partial charge in [0.15, 0.2) is 5.82 Å². The zero-order chi connectivity index (χ0) is 17.8. The van der Waals surface area contributed by atoms with Crippen molar-refractivity contribution in [3.8, 4) is 11.4 Å². The molecule has 0 aliphatic heterocycles. The molecule has 0 radical (unpaired) electrons. The van der Waals surface area contributed by atoms with E-state index in [1.807, 2.05) is 26.0 Å². The molecule has 0 aliphatic carbocycles. The van der Waals surface area contributed by atoms with Crippen LogP contribution in [0.15, 0.2) is 24.5 Å². The molecule has 25 heavy (non-hydrogen) atoms. The Kier molecular flexibility index (Phi) is 5.08. The molecule has 0 saturated carbocycles. The molecule has 3 rings (SSSR count). The molecular weight excluding hydrogens is 342 g/mol.